The molecule has 2 rings (SSSR count). The smallest absolute Gasteiger partial charge is 0.237 e. The summed E-state index contributed by atoms with van der Waals surface area (Å²) in [7, 11) is -1.69. The molecule has 1 aromatic rings. The molecule has 4 nitrogen and oxygen atoms in total. The zero-order chi connectivity index (χ0) is 13.9. The van der Waals surface area contributed by atoms with Gasteiger partial charge >= 0.3 is 0 Å². The van der Waals surface area contributed by atoms with E-state index in [1.807, 2.05) is 0 Å². The lowest BCUT2D eigenvalue weighted by atomic mass is 10.5. The summed E-state index contributed by atoms with van der Waals surface area (Å²) < 4.78 is 2.66. The van der Waals surface area contributed by atoms with Gasteiger partial charge in [-0.1, -0.05) is 33.7 Å². The molecule has 19 heavy (non-hydrogen) atoms. The van der Waals surface area contributed by atoms with Gasteiger partial charge < -0.3 is 4.57 Å². The highest BCUT2D eigenvalue weighted by Crippen LogP contribution is 2.40. The summed E-state index contributed by atoms with van der Waals surface area (Å²) in [5.41, 5.74) is 2.21. The van der Waals surface area contributed by atoms with E-state index in [4.69, 9.17) is 0 Å². The normalized spacial score (nSPS) is 22.9. The number of aromatic nitrogens is 3. The van der Waals surface area contributed by atoms with Crippen LogP contribution in [0.15, 0.2) is 12.4 Å². The zero-order valence-corrected chi connectivity index (χ0v) is 14.6. The minimum absolute atomic E-state index is 0.286. The summed E-state index contributed by atoms with van der Waals surface area (Å²) in [6.45, 7) is 9.43. The predicted octanol–water partition coefficient (Wildman–Crippen LogP) is 3.05. The van der Waals surface area contributed by atoms with Crippen molar-refractivity contribution in [3.63, 3.8) is 0 Å². The fraction of sp³-hybridized carbons (Fsp3) is 0.769. The van der Waals surface area contributed by atoms with Crippen molar-refractivity contribution < 1.29 is 0 Å². The van der Waals surface area contributed by atoms with Crippen molar-refractivity contribution in [2.45, 2.75) is 63.6 Å². The van der Waals surface area contributed by atoms with Crippen LogP contribution < -0.4 is 4.57 Å². The minimum Gasteiger partial charge on any atom is -0.367 e. The Morgan fingerprint density at radius 2 is 2.00 bits per heavy atom. The number of nitrogens with zero attached hydrogens (tertiary/aromatic N) is 4. The highest BCUT2D eigenvalue weighted by molar-refractivity contribution is 6.97. The Hall–Kier alpha value is -0.756. The van der Waals surface area contributed by atoms with Crippen LogP contribution in [-0.4, -0.2) is 37.9 Å². The van der Waals surface area contributed by atoms with Gasteiger partial charge in [0.1, 0.15) is 0 Å². The number of rotatable bonds is 5. The van der Waals surface area contributed by atoms with Crippen LogP contribution in [0.1, 0.15) is 34.1 Å². The van der Waals surface area contributed by atoms with Crippen LogP contribution >= 0.6 is 0 Å². The van der Waals surface area contributed by atoms with E-state index in [9.17, 15) is 0 Å². The maximum absolute atomic E-state index is 4.52. The van der Waals surface area contributed by atoms with Crippen molar-refractivity contribution in [1.29, 1.82) is 0 Å². The highest BCUT2D eigenvalue weighted by Gasteiger charge is 2.51. The first-order valence-electron chi connectivity index (χ1n) is 7.50. The van der Waals surface area contributed by atoms with E-state index < -0.39 is 8.24 Å². The van der Waals surface area contributed by atoms with Crippen LogP contribution in [0.4, 0.5) is 5.95 Å². The molecule has 1 radical (unpaired) electrons. The molecular formula is C13H25N4Si2. The maximum atomic E-state index is 4.52. The summed E-state index contributed by atoms with van der Waals surface area (Å²) in [6.07, 6.45) is 4.69. The van der Waals surface area contributed by atoms with Gasteiger partial charge in [0, 0.05) is 5.67 Å². The average Bonchev–Trinajstić information content (AvgIpc) is 2.82. The first kappa shape index (κ1) is 14.6. The average molecular weight is 294 g/mol. The molecule has 1 fully saturated rings. The van der Waals surface area contributed by atoms with E-state index in [2.05, 4.69) is 47.4 Å². The van der Waals surface area contributed by atoms with Crippen molar-refractivity contribution in [3.05, 3.63) is 12.4 Å². The van der Waals surface area contributed by atoms with Crippen molar-refractivity contribution in [2.75, 3.05) is 4.57 Å². The molecule has 0 aliphatic carbocycles. The number of hydrogen-bond donors (Lipinski definition) is 0. The van der Waals surface area contributed by atoms with Gasteiger partial charge in [-0.15, -0.1) is 5.10 Å². The quantitative estimate of drug-likeness (QED) is 0.783. The Labute approximate surface area is 119 Å². The lowest BCUT2D eigenvalue weighted by Crippen LogP contribution is -2.52. The van der Waals surface area contributed by atoms with E-state index in [0.717, 1.165) is 5.95 Å². The van der Waals surface area contributed by atoms with E-state index in [-0.39, 0.29) is 8.80 Å². The Balaban J connectivity index is 2.44. The van der Waals surface area contributed by atoms with E-state index in [1.165, 1.54) is 30.2 Å². The minimum atomic E-state index is -1.41. The molecule has 0 N–H and O–H groups in total. The SMILES string of the molecule is CCC1N(c2nccnn2)[Si](CC)(CC)C[Si]1CC. The lowest BCUT2D eigenvalue weighted by molar-refractivity contribution is 0.781. The standard InChI is InChI=1S/C13H25N4Si2/c1-5-12-17(13-14-9-10-15-16-13)19(7-3,8-4)11-18(12)6-2/h9-10,12H,5-8,11H2,1-4H3. The molecule has 1 aromatic heterocycles. The first-order valence-corrected chi connectivity index (χ1v) is 12.1. The Kier molecular flexibility index (Phi) is 4.73. The third-order valence-corrected chi connectivity index (χ3v) is 16.1. The third-order valence-electron chi connectivity index (χ3n) is 4.69. The topological polar surface area (TPSA) is 41.9 Å². The van der Waals surface area contributed by atoms with Gasteiger partial charge in [-0.2, -0.15) is 5.10 Å². The molecule has 1 atom stereocenters. The van der Waals surface area contributed by atoms with Gasteiger partial charge in [0.2, 0.25) is 5.95 Å². The van der Waals surface area contributed by atoms with E-state index in [0.29, 0.717) is 5.67 Å². The summed E-state index contributed by atoms with van der Waals surface area (Å²) in [5, 5.41) is 8.40. The van der Waals surface area contributed by atoms with Crippen LogP contribution in [0.5, 0.6) is 0 Å². The molecule has 6 heteroatoms. The van der Waals surface area contributed by atoms with Gasteiger partial charge in [0.25, 0.3) is 0 Å². The second-order valence-electron chi connectivity index (χ2n) is 5.36. The molecule has 2 heterocycles. The van der Waals surface area contributed by atoms with E-state index >= 15 is 0 Å². The summed E-state index contributed by atoms with van der Waals surface area (Å²) >= 11 is 0. The van der Waals surface area contributed by atoms with Crippen LogP contribution in [-0.2, 0) is 0 Å². The van der Waals surface area contributed by atoms with Gasteiger partial charge in [0.15, 0.2) is 8.24 Å². The molecule has 0 bridgehead atoms. The summed E-state index contributed by atoms with van der Waals surface area (Å²) in [4.78, 5) is 4.52. The van der Waals surface area contributed by atoms with Crippen molar-refractivity contribution in [3.8, 4) is 0 Å². The predicted molar refractivity (Wildman–Crippen MR) is 84.1 cm³/mol. The van der Waals surface area contributed by atoms with Crippen LogP contribution in [0.3, 0.4) is 0 Å². The molecule has 105 valence electrons. The highest BCUT2D eigenvalue weighted by atomic mass is 28.4. The molecular weight excluding hydrogens is 268 g/mol. The largest absolute Gasteiger partial charge is 0.367 e. The van der Waals surface area contributed by atoms with Gasteiger partial charge in [-0.3, -0.25) is 0 Å². The van der Waals surface area contributed by atoms with Gasteiger partial charge in [-0.05, 0) is 24.2 Å². The number of hydrogen-bond acceptors (Lipinski definition) is 4. The van der Waals surface area contributed by atoms with Crippen LogP contribution in [0.2, 0.25) is 23.8 Å². The molecule has 1 saturated heterocycles. The van der Waals surface area contributed by atoms with Crippen molar-refractivity contribution in [1.82, 2.24) is 15.2 Å². The van der Waals surface area contributed by atoms with Crippen molar-refractivity contribution in [2.24, 2.45) is 0 Å². The molecule has 1 aliphatic rings. The summed E-state index contributed by atoms with van der Waals surface area (Å²) in [6, 6.07) is 3.99. The maximum Gasteiger partial charge on any atom is 0.237 e. The Bertz CT molecular complexity index is 397. The summed E-state index contributed by atoms with van der Waals surface area (Å²) in [5.74, 6) is 0.901. The molecule has 0 amide bonds. The second kappa shape index (κ2) is 6.13. The number of anilines is 1. The zero-order valence-electron chi connectivity index (χ0n) is 12.6. The first-order chi connectivity index (χ1) is 9.22. The van der Waals surface area contributed by atoms with Crippen LogP contribution in [0, 0.1) is 0 Å². The van der Waals surface area contributed by atoms with E-state index in [1.54, 1.807) is 12.4 Å². The van der Waals surface area contributed by atoms with Gasteiger partial charge in [0.05, 0.1) is 21.2 Å². The molecule has 0 spiro atoms. The third kappa shape index (κ3) is 2.47. The Morgan fingerprint density at radius 1 is 1.26 bits per heavy atom. The molecule has 1 unspecified atom stereocenters. The van der Waals surface area contributed by atoms with Gasteiger partial charge in [-0.25, -0.2) is 4.98 Å². The second-order valence-corrected chi connectivity index (χ2v) is 13.8. The lowest BCUT2D eigenvalue weighted by Gasteiger charge is -2.38. The van der Waals surface area contributed by atoms with Crippen LogP contribution in [0.25, 0.3) is 0 Å². The molecule has 1 aliphatic heterocycles. The fourth-order valence-electron chi connectivity index (χ4n) is 3.51. The monoisotopic (exact) mass is 293 g/mol. The Morgan fingerprint density at radius 3 is 2.47 bits per heavy atom. The van der Waals surface area contributed by atoms with Crippen molar-refractivity contribution >= 4 is 23.0 Å². The molecule has 0 aromatic carbocycles. The fourth-order valence-corrected chi connectivity index (χ4v) is 17.0. The molecule has 0 saturated carbocycles.